The fourth-order valence-electron chi connectivity index (χ4n) is 3.58. The van der Waals surface area contributed by atoms with Crippen LogP contribution >= 0.6 is 11.3 Å². The van der Waals surface area contributed by atoms with Crippen LogP contribution in [0.3, 0.4) is 0 Å². The van der Waals surface area contributed by atoms with E-state index in [9.17, 15) is 9.18 Å². The van der Waals surface area contributed by atoms with E-state index in [-0.39, 0.29) is 17.6 Å². The average Bonchev–Trinajstić information content (AvgIpc) is 3.41. The van der Waals surface area contributed by atoms with Crippen molar-refractivity contribution in [3.63, 3.8) is 0 Å². The Morgan fingerprint density at radius 1 is 1.33 bits per heavy atom. The van der Waals surface area contributed by atoms with Crippen molar-refractivity contribution in [2.24, 2.45) is 5.92 Å². The van der Waals surface area contributed by atoms with Crippen LogP contribution in [0.15, 0.2) is 28.1 Å². The van der Waals surface area contributed by atoms with Crippen molar-refractivity contribution in [3.8, 4) is 11.5 Å². The lowest BCUT2D eigenvalue weighted by Crippen LogP contribution is -2.40. The molecule has 1 amide bonds. The monoisotopic (exact) mass is 429 g/mol. The van der Waals surface area contributed by atoms with Gasteiger partial charge >= 0.3 is 0 Å². The molecule has 1 aromatic carbocycles. The molecular weight excluding hydrogens is 405 g/mol. The number of carbonyl (C=O) groups excluding carboxylic acids is 1. The van der Waals surface area contributed by atoms with E-state index in [0.29, 0.717) is 61.9 Å². The zero-order chi connectivity index (χ0) is 21.1. The van der Waals surface area contributed by atoms with Crippen molar-refractivity contribution in [3.05, 3.63) is 45.9 Å². The molecule has 4 rings (SSSR count). The summed E-state index contributed by atoms with van der Waals surface area (Å²) in [6, 6.07) is 4.96. The normalized spacial score (nSPS) is 14.8. The largest absolute Gasteiger partial charge is 0.369 e. The molecule has 30 heavy (non-hydrogen) atoms. The quantitative estimate of drug-likeness (QED) is 0.643. The van der Waals surface area contributed by atoms with Crippen LogP contribution in [0.2, 0.25) is 0 Å². The van der Waals surface area contributed by atoms with Gasteiger partial charge in [-0.05, 0) is 38.0 Å². The standard InChI is InChI=1S/C21H24FN5O2S/c1-3-18-25-21(29-26-18)15-4-5-17(16(22)10-15)27-8-6-14(7-9-27)20(28)23-11-19-24-13(2)12-30-19/h4-5,10,12,14H,3,6-9,11H2,1-2H3,(H,23,28). The third kappa shape index (κ3) is 4.51. The molecule has 3 heterocycles. The summed E-state index contributed by atoms with van der Waals surface area (Å²) in [5.41, 5.74) is 2.07. The van der Waals surface area contributed by atoms with Crippen LogP contribution in [0.1, 0.15) is 36.3 Å². The fraction of sp³-hybridized carbons (Fsp3) is 0.429. The van der Waals surface area contributed by atoms with Gasteiger partial charge in [0.2, 0.25) is 5.91 Å². The molecule has 0 atom stereocenters. The molecule has 0 bridgehead atoms. The maximum Gasteiger partial charge on any atom is 0.258 e. The number of aryl methyl sites for hydroxylation is 2. The summed E-state index contributed by atoms with van der Waals surface area (Å²) in [4.78, 5) is 23.1. The number of amides is 1. The second-order valence-electron chi connectivity index (χ2n) is 7.40. The van der Waals surface area contributed by atoms with Gasteiger partial charge in [-0.2, -0.15) is 4.98 Å². The number of aromatic nitrogens is 3. The second-order valence-corrected chi connectivity index (χ2v) is 8.34. The highest BCUT2D eigenvalue weighted by atomic mass is 32.1. The van der Waals surface area contributed by atoms with Crippen LogP contribution in [0.5, 0.6) is 0 Å². The number of halogens is 1. The minimum atomic E-state index is -0.328. The van der Waals surface area contributed by atoms with Gasteiger partial charge in [-0.3, -0.25) is 4.79 Å². The predicted molar refractivity (Wildman–Crippen MR) is 113 cm³/mol. The molecule has 0 spiro atoms. The highest BCUT2D eigenvalue weighted by Gasteiger charge is 2.26. The summed E-state index contributed by atoms with van der Waals surface area (Å²) in [5.74, 6) is 0.575. The SMILES string of the molecule is CCc1noc(-c2ccc(N3CCC(C(=O)NCc4nc(C)cs4)CC3)c(F)c2)n1. The molecule has 0 aliphatic carbocycles. The molecule has 0 unspecified atom stereocenters. The first-order valence-corrected chi connectivity index (χ1v) is 11.0. The molecule has 3 aromatic rings. The number of carbonyl (C=O) groups is 1. The van der Waals surface area contributed by atoms with E-state index < -0.39 is 0 Å². The topological polar surface area (TPSA) is 84.2 Å². The Balaban J connectivity index is 1.33. The van der Waals surface area contributed by atoms with Gasteiger partial charge in [0, 0.05) is 42.1 Å². The number of nitrogens with one attached hydrogen (secondary N) is 1. The van der Waals surface area contributed by atoms with Gasteiger partial charge in [0.15, 0.2) is 5.82 Å². The molecule has 7 nitrogen and oxygen atoms in total. The number of rotatable bonds is 6. The number of anilines is 1. The number of piperidine rings is 1. The summed E-state index contributed by atoms with van der Waals surface area (Å²) in [6.07, 6.45) is 2.04. The van der Waals surface area contributed by atoms with Gasteiger partial charge in [0.05, 0.1) is 12.2 Å². The molecule has 0 saturated carbocycles. The highest BCUT2D eigenvalue weighted by molar-refractivity contribution is 7.09. The van der Waals surface area contributed by atoms with Crippen molar-refractivity contribution in [1.82, 2.24) is 20.4 Å². The molecule has 1 aliphatic heterocycles. The molecule has 158 valence electrons. The van der Waals surface area contributed by atoms with Crippen molar-refractivity contribution >= 4 is 22.9 Å². The van der Waals surface area contributed by atoms with Crippen molar-refractivity contribution in [1.29, 1.82) is 0 Å². The number of thiazole rings is 1. The Morgan fingerprint density at radius 2 is 2.13 bits per heavy atom. The van der Waals surface area contributed by atoms with E-state index >= 15 is 0 Å². The highest BCUT2D eigenvalue weighted by Crippen LogP contribution is 2.29. The minimum Gasteiger partial charge on any atom is -0.369 e. The van der Waals surface area contributed by atoms with Gasteiger partial charge in [-0.15, -0.1) is 11.3 Å². The van der Waals surface area contributed by atoms with E-state index in [1.807, 2.05) is 24.1 Å². The van der Waals surface area contributed by atoms with Gasteiger partial charge in [0.25, 0.3) is 5.89 Å². The molecule has 1 fully saturated rings. The summed E-state index contributed by atoms with van der Waals surface area (Å²) in [5, 5.41) is 9.71. The third-order valence-corrected chi connectivity index (χ3v) is 6.23. The number of hydrogen-bond donors (Lipinski definition) is 1. The fourth-order valence-corrected chi connectivity index (χ4v) is 4.30. The van der Waals surface area contributed by atoms with Crippen molar-refractivity contribution < 1.29 is 13.7 Å². The number of benzene rings is 1. The zero-order valence-corrected chi connectivity index (χ0v) is 17.8. The van der Waals surface area contributed by atoms with E-state index in [4.69, 9.17) is 4.52 Å². The Kier molecular flexibility index (Phi) is 6.08. The van der Waals surface area contributed by atoms with Crippen LogP contribution < -0.4 is 10.2 Å². The van der Waals surface area contributed by atoms with E-state index in [1.165, 1.54) is 6.07 Å². The number of hydrogen-bond acceptors (Lipinski definition) is 7. The van der Waals surface area contributed by atoms with Crippen LogP contribution in [-0.2, 0) is 17.8 Å². The maximum atomic E-state index is 14.8. The molecule has 1 saturated heterocycles. The van der Waals surface area contributed by atoms with Crippen LogP contribution in [0.25, 0.3) is 11.5 Å². The molecule has 1 aliphatic rings. The summed E-state index contributed by atoms with van der Waals surface area (Å²) in [6.45, 7) is 5.59. The van der Waals surface area contributed by atoms with Gasteiger partial charge in [-0.1, -0.05) is 12.1 Å². The number of nitrogens with zero attached hydrogens (tertiary/aromatic N) is 4. The minimum absolute atomic E-state index is 0.0430. The van der Waals surface area contributed by atoms with Gasteiger partial charge < -0.3 is 14.7 Å². The van der Waals surface area contributed by atoms with Crippen molar-refractivity contribution in [2.45, 2.75) is 39.7 Å². The van der Waals surface area contributed by atoms with Crippen LogP contribution in [0.4, 0.5) is 10.1 Å². The van der Waals surface area contributed by atoms with E-state index in [1.54, 1.807) is 23.5 Å². The van der Waals surface area contributed by atoms with Crippen molar-refractivity contribution in [2.75, 3.05) is 18.0 Å². The molecule has 9 heteroatoms. The molecule has 2 aromatic heterocycles. The van der Waals surface area contributed by atoms with Gasteiger partial charge in [-0.25, -0.2) is 9.37 Å². The Labute approximate surface area is 178 Å². The lowest BCUT2D eigenvalue weighted by Gasteiger charge is -2.33. The second kappa shape index (κ2) is 8.91. The lowest BCUT2D eigenvalue weighted by molar-refractivity contribution is -0.125. The van der Waals surface area contributed by atoms with Crippen LogP contribution in [-0.4, -0.2) is 34.1 Å². The van der Waals surface area contributed by atoms with E-state index in [0.717, 1.165) is 10.7 Å². The Morgan fingerprint density at radius 3 is 2.77 bits per heavy atom. The first-order chi connectivity index (χ1) is 14.5. The summed E-state index contributed by atoms with van der Waals surface area (Å²) in [7, 11) is 0. The molecular formula is C21H24FN5O2S. The zero-order valence-electron chi connectivity index (χ0n) is 17.0. The Bertz CT molecular complexity index is 1030. The first kappa shape index (κ1) is 20.5. The lowest BCUT2D eigenvalue weighted by atomic mass is 9.95. The van der Waals surface area contributed by atoms with Crippen LogP contribution in [0, 0.1) is 18.7 Å². The molecule has 0 radical (unpaired) electrons. The third-order valence-electron chi connectivity index (χ3n) is 5.27. The first-order valence-electron chi connectivity index (χ1n) is 10.1. The average molecular weight is 430 g/mol. The summed E-state index contributed by atoms with van der Waals surface area (Å²) >= 11 is 1.55. The predicted octanol–water partition coefficient (Wildman–Crippen LogP) is 3.74. The van der Waals surface area contributed by atoms with E-state index in [2.05, 4.69) is 20.4 Å². The molecule has 1 N–H and O–H groups in total. The Hall–Kier alpha value is -2.81. The maximum absolute atomic E-state index is 14.8. The van der Waals surface area contributed by atoms with Gasteiger partial charge in [0.1, 0.15) is 10.8 Å². The smallest absolute Gasteiger partial charge is 0.258 e. The summed E-state index contributed by atoms with van der Waals surface area (Å²) < 4.78 is 19.9.